The highest BCUT2D eigenvalue weighted by Crippen LogP contribution is 2.15. The average Bonchev–Trinajstić information content (AvgIpc) is 3.03. The van der Waals surface area contributed by atoms with Crippen molar-refractivity contribution in [2.45, 2.75) is 13.5 Å². The first-order valence-corrected chi connectivity index (χ1v) is 8.55. The van der Waals surface area contributed by atoms with E-state index in [1.165, 1.54) is 4.52 Å². The van der Waals surface area contributed by atoms with Gasteiger partial charge in [0.2, 0.25) is 11.8 Å². The first-order valence-electron chi connectivity index (χ1n) is 8.55. The Kier molecular flexibility index (Phi) is 4.29. The Morgan fingerprint density at radius 1 is 1.19 bits per heavy atom. The van der Waals surface area contributed by atoms with Gasteiger partial charge in [-0.25, -0.2) is 14.5 Å². The van der Waals surface area contributed by atoms with Crippen LogP contribution in [0.1, 0.15) is 11.4 Å². The van der Waals surface area contributed by atoms with Crippen LogP contribution in [0.4, 0.5) is 5.95 Å². The van der Waals surface area contributed by atoms with E-state index in [-0.39, 0.29) is 5.56 Å². The van der Waals surface area contributed by atoms with Crippen LogP contribution in [0.2, 0.25) is 0 Å². The average molecular weight is 355 g/mol. The quantitative estimate of drug-likeness (QED) is 0.726. The number of anilines is 1. The number of aromatic amines is 1. The van der Waals surface area contributed by atoms with Gasteiger partial charge in [0.25, 0.3) is 5.56 Å². The molecule has 0 bridgehead atoms. The van der Waals surface area contributed by atoms with Crippen molar-refractivity contribution in [2.24, 2.45) is 0 Å². The van der Waals surface area contributed by atoms with Crippen molar-refractivity contribution in [1.82, 2.24) is 29.5 Å². The summed E-state index contributed by atoms with van der Waals surface area (Å²) in [5.74, 6) is 1.25. The number of hydrogen-bond donors (Lipinski definition) is 1. The number of nitrogens with one attached hydrogen (secondary N) is 1. The SMILES string of the molecule is COc1ccnc(N2CCN(Cc3cc(=O)n4[nH]c(C)cc4n3)CC2)n1. The van der Waals surface area contributed by atoms with Gasteiger partial charge < -0.3 is 9.64 Å². The second-order valence-corrected chi connectivity index (χ2v) is 6.38. The van der Waals surface area contributed by atoms with Crippen LogP contribution in [-0.4, -0.2) is 62.8 Å². The van der Waals surface area contributed by atoms with E-state index in [1.807, 2.05) is 13.0 Å². The number of aromatic nitrogens is 5. The van der Waals surface area contributed by atoms with E-state index in [0.29, 0.717) is 24.0 Å². The molecule has 26 heavy (non-hydrogen) atoms. The summed E-state index contributed by atoms with van der Waals surface area (Å²) in [4.78, 5) is 29.9. The molecule has 3 aromatic rings. The van der Waals surface area contributed by atoms with Crippen LogP contribution in [0.25, 0.3) is 5.65 Å². The normalized spacial score (nSPS) is 15.5. The number of aryl methyl sites for hydroxylation is 1. The summed E-state index contributed by atoms with van der Waals surface area (Å²) in [5.41, 5.74) is 2.29. The predicted octanol–water partition coefficient (Wildman–Crippen LogP) is 0.452. The topological polar surface area (TPSA) is 91.7 Å². The molecule has 4 heterocycles. The van der Waals surface area contributed by atoms with Gasteiger partial charge in [0.05, 0.1) is 12.8 Å². The van der Waals surface area contributed by atoms with Gasteiger partial charge in [-0.3, -0.25) is 14.8 Å². The van der Waals surface area contributed by atoms with Crippen LogP contribution in [0, 0.1) is 6.92 Å². The number of methoxy groups -OCH3 is 1. The number of H-pyrrole nitrogens is 1. The summed E-state index contributed by atoms with van der Waals surface area (Å²) in [6.07, 6.45) is 1.71. The molecule has 4 rings (SSSR count). The Balaban J connectivity index is 1.43. The van der Waals surface area contributed by atoms with Crippen molar-refractivity contribution in [3.63, 3.8) is 0 Å². The van der Waals surface area contributed by atoms with Gasteiger partial charge in [0, 0.05) is 62.8 Å². The monoisotopic (exact) mass is 355 g/mol. The maximum atomic E-state index is 12.2. The van der Waals surface area contributed by atoms with E-state index in [4.69, 9.17) is 4.74 Å². The van der Waals surface area contributed by atoms with E-state index in [0.717, 1.165) is 37.6 Å². The number of ether oxygens (including phenoxy) is 1. The fourth-order valence-corrected chi connectivity index (χ4v) is 3.18. The van der Waals surface area contributed by atoms with E-state index in [1.54, 1.807) is 25.4 Å². The lowest BCUT2D eigenvalue weighted by molar-refractivity contribution is 0.245. The summed E-state index contributed by atoms with van der Waals surface area (Å²) in [5, 5.41) is 2.99. The van der Waals surface area contributed by atoms with Crippen molar-refractivity contribution in [2.75, 3.05) is 38.2 Å². The number of nitrogens with zero attached hydrogens (tertiary/aromatic N) is 6. The number of rotatable bonds is 4. The third-order valence-corrected chi connectivity index (χ3v) is 4.50. The van der Waals surface area contributed by atoms with E-state index in [9.17, 15) is 4.79 Å². The molecular formula is C17H21N7O2. The molecule has 0 amide bonds. The second-order valence-electron chi connectivity index (χ2n) is 6.38. The molecule has 9 heteroatoms. The highest BCUT2D eigenvalue weighted by molar-refractivity contribution is 5.39. The fourth-order valence-electron chi connectivity index (χ4n) is 3.18. The summed E-state index contributed by atoms with van der Waals surface area (Å²) >= 11 is 0. The minimum atomic E-state index is -0.0819. The molecule has 1 N–H and O–H groups in total. The van der Waals surface area contributed by atoms with Crippen LogP contribution < -0.4 is 15.2 Å². The zero-order valence-electron chi connectivity index (χ0n) is 14.8. The highest BCUT2D eigenvalue weighted by Gasteiger charge is 2.20. The van der Waals surface area contributed by atoms with Gasteiger partial charge in [-0.2, -0.15) is 4.98 Å². The van der Waals surface area contributed by atoms with Crippen LogP contribution in [-0.2, 0) is 6.54 Å². The fraction of sp³-hybridized carbons (Fsp3) is 0.412. The van der Waals surface area contributed by atoms with E-state index in [2.05, 4.69) is 29.9 Å². The van der Waals surface area contributed by atoms with Gasteiger partial charge in [-0.05, 0) is 6.92 Å². The van der Waals surface area contributed by atoms with Crippen molar-refractivity contribution in [1.29, 1.82) is 0 Å². The summed E-state index contributed by atoms with van der Waals surface area (Å²) in [6, 6.07) is 5.21. The highest BCUT2D eigenvalue weighted by atomic mass is 16.5. The molecule has 3 aromatic heterocycles. The molecule has 1 aliphatic rings. The summed E-state index contributed by atoms with van der Waals surface area (Å²) in [6.45, 7) is 5.91. The third kappa shape index (κ3) is 3.25. The Bertz CT molecular complexity index is 973. The smallest absolute Gasteiger partial charge is 0.272 e. The lowest BCUT2D eigenvalue weighted by Crippen LogP contribution is -2.46. The maximum absolute atomic E-state index is 12.2. The Morgan fingerprint density at radius 3 is 2.77 bits per heavy atom. The molecule has 0 aliphatic carbocycles. The number of hydrogen-bond acceptors (Lipinski definition) is 7. The standard InChI is InChI=1S/C17H21N7O2/c1-12-9-14-19-13(10-16(25)24(14)21-12)11-22-5-7-23(8-6-22)17-18-4-3-15(20-17)26-2/h3-4,9-10,21H,5-8,11H2,1-2H3. The summed E-state index contributed by atoms with van der Waals surface area (Å²) in [7, 11) is 1.60. The van der Waals surface area contributed by atoms with Crippen LogP contribution >= 0.6 is 0 Å². The van der Waals surface area contributed by atoms with Crippen LogP contribution in [0.5, 0.6) is 5.88 Å². The minimum Gasteiger partial charge on any atom is -0.481 e. The molecule has 0 atom stereocenters. The predicted molar refractivity (Wildman–Crippen MR) is 96.6 cm³/mol. The lowest BCUT2D eigenvalue weighted by atomic mass is 10.3. The Morgan fingerprint density at radius 2 is 2.00 bits per heavy atom. The maximum Gasteiger partial charge on any atom is 0.272 e. The third-order valence-electron chi connectivity index (χ3n) is 4.50. The van der Waals surface area contributed by atoms with Crippen LogP contribution in [0.15, 0.2) is 29.2 Å². The molecule has 1 aliphatic heterocycles. The molecule has 0 spiro atoms. The zero-order chi connectivity index (χ0) is 18.1. The van der Waals surface area contributed by atoms with Crippen molar-refractivity contribution >= 4 is 11.6 Å². The van der Waals surface area contributed by atoms with Gasteiger partial charge in [-0.15, -0.1) is 0 Å². The molecule has 1 saturated heterocycles. The van der Waals surface area contributed by atoms with Crippen molar-refractivity contribution < 1.29 is 4.74 Å². The van der Waals surface area contributed by atoms with Gasteiger partial charge in [0.15, 0.2) is 5.65 Å². The van der Waals surface area contributed by atoms with Gasteiger partial charge in [-0.1, -0.05) is 0 Å². The van der Waals surface area contributed by atoms with E-state index >= 15 is 0 Å². The van der Waals surface area contributed by atoms with Crippen LogP contribution in [0.3, 0.4) is 0 Å². The molecule has 0 radical (unpaired) electrons. The van der Waals surface area contributed by atoms with Crippen molar-refractivity contribution in [3.05, 3.63) is 46.1 Å². The molecule has 1 fully saturated rings. The summed E-state index contributed by atoms with van der Waals surface area (Å²) < 4.78 is 6.63. The lowest BCUT2D eigenvalue weighted by Gasteiger charge is -2.34. The first-order chi connectivity index (χ1) is 12.6. The van der Waals surface area contributed by atoms with Crippen molar-refractivity contribution in [3.8, 4) is 5.88 Å². The van der Waals surface area contributed by atoms with Gasteiger partial charge >= 0.3 is 0 Å². The van der Waals surface area contributed by atoms with E-state index < -0.39 is 0 Å². The minimum absolute atomic E-state index is 0.0819. The Labute approximate surface area is 150 Å². The first kappa shape index (κ1) is 16.5. The molecule has 136 valence electrons. The number of piperazine rings is 1. The molecule has 9 nitrogen and oxygen atoms in total. The Hall–Kier alpha value is -2.94. The molecule has 0 unspecified atom stereocenters. The molecule has 0 saturated carbocycles. The number of fused-ring (bicyclic) bond motifs is 1. The molecular weight excluding hydrogens is 334 g/mol. The second kappa shape index (κ2) is 6.75. The largest absolute Gasteiger partial charge is 0.481 e. The zero-order valence-corrected chi connectivity index (χ0v) is 14.8. The molecule has 0 aromatic carbocycles. The van der Waals surface area contributed by atoms with Gasteiger partial charge in [0.1, 0.15) is 0 Å².